The molecule has 0 aliphatic heterocycles. The number of rotatable bonds is 6. The average molecular weight is 302 g/mol. The van der Waals surface area contributed by atoms with Gasteiger partial charge in [-0.1, -0.05) is 23.9 Å². The first-order valence-corrected chi connectivity index (χ1v) is 7.48. The van der Waals surface area contributed by atoms with Gasteiger partial charge in [0.1, 0.15) is 0 Å². The molecule has 0 atom stereocenters. The van der Waals surface area contributed by atoms with Crippen molar-refractivity contribution >= 4 is 28.8 Å². The number of imidazole rings is 2. The summed E-state index contributed by atoms with van der Waals surface area (Å²) >= 11 is 1.25. The Bertz CT molecular complexity index is 752. The number of thioether (sulfide) groups is 1. The Balaban J connectivity index is 1.89. The molecule has 2 aromatic heterocycles. The van der Waals surface area contributed by atoms with Crippen LogP contribution in [0.25, 0.3) is 11.0 Å². The molecule has 108 valence electrons. The molecule has 2 heterocycles. The normalized spacial score (nSPS) is 11.0. The minimum Gasteiger partial charge on any atom is -0.481 e. The fourth-order valence-electron chi connectivity index (χ4n) is 2.14. The topological polar surface area (TPSA) is 72.9 Å². The smallest absolute Gasteiger partial charge is 0.313 e. The standard InChI is InChI=1S/C14H14N4O2S/c19-13(20)9-21-14-16-11-3-1-2-4-12(11)18(14)8-7-17-6-5-15-10-17/h1-6,10H,7-9H2,(H,19,20). The van der Waals surface area contributed by atoms with Gasteiger partial charge in [-0.3, -0.25) is 4.79 Å². The average Bonchev–Trinajstić information content (AvgIpc) is 3.10. The predicted molar refractivity (Wildman–Crippen MR) is 80.3 cm³/mol. The van der Waals surface area contributed by atoms with Gasteiger partial charge in [0, 0.05) is 25.5 Å². The number of aryl methyl sites for hydroxylation is 2. The molecule has 1 aromatic carbocycles. The van der Waals surface area contributed by atoms with Crippen molar-refractivity contribution in [1.82, 2.24) is 19.1 Å². The highest BCUT2D eigenvalue weighted by molar-refractivity contribution is 7.99. The quantitative estimate of drug-likeness (QED) is 0.706. The van der Waals surface area contributed by atoms with Crippen LogP contribution in [-0.4, -0.2) is 35.9 Å². The summed E-state index contributed by atoms with van der Waals surface area (Å²) in [6.07, 6.45) is 5.42. The van der Waals surface area contributed by atoms with E-state index in [1.807, 2.05) is 35.0 Å². The van der Waals surface area contributed by atoms with Crippen molar-refractivity contribution in [2.45, 2.75) is 18.2 Å². The Hall–Kier alpha value is -2.28. The number of carboxylic acids is 1. The Morgan fingerprint density at radius 3 is 2.90 bits per heavy atom. The summed E-state index contributed by atoms with van der Waals surface area (Å²) in [7, 11) is 0. The van der Waals surface area contributed by atoms with Crippen LogP contribution in [0.4, 0.5) is 0 Å². The lowest BCUT2D eigenvalue weighted by Crippen LogP contribution is -2.08. The molecule has 0 radical (unpaired) electrons. The summed E-state index contributed by atoms with van der Waals surface area (Å²) in [6.45, 7) is 1.49. The van der Waals surface area contributed by atoms with Crippen LogP contribution in [0, 0.1) is 0 Å². The van der Waals surface area contributed by atoms with Gasteiger partial charge in [0.15, 0.2) is 5.16 Å². The van der Waals surface area contributed by atoms with Crippen LogP contribution >= 0.6 is 11.8 Å². The molecule has 21 heavy (non-hydrogen) atoms. The fourth-order valence-corrected chi connectivity index (χ4v) is 2.90. The first-order valence-electron chi connectivity index (χ1n) is 6.49. The Morgan fingerprint density at radius 2 is 2.14 bits per heavy atom. The predicted octanol–water partition coefficient (Wildman–Crippen LogP) is 2.11. The minimum atomic E-state index is -0.840. The SMILES string of the molecule is O=C(O)CSc1nc2ccccc2n1CCn1ccnc1. The second-order valence-electron chi connectivity index (χ2n) is 4.52. The minimum absolute atomic E-state index is 0.00833. The van der Waals surface area contributed by atoms with E-state index >= 15 is 0 Å². The molecule has 0 spiro atoms. The van der Waals surface area contributed by atoms with E-state index in [-0.39, 0.29) is 5.75 Å². The van der Waals surface area contributed by atoms with Gasteiger partial charge in [-0.05, 0) is 12.1 Å². The highest BCUT2D eigenvalue weighted by atomic mass is 32.2. The number of carboxylic acid groups (broad SMARTS) is 1. The van der Waals surface area contributed by atoms with E-state index in [0.29, 0.717) is 0 Å². The third-order valence-corrected chi connectivity index (χ3v) is 4.05. The van der Waals surface area contributed by atoms with E-state index < -0.39 is 5.97 Å². The molecule has 0 amide bonds. The maximum Gasteiger partial charge on any atom is 0.313 e. The van der Waals surface area contributed by atoms with E-state index in [9.17, 15) is 4.79 Å². The Morgan fingerprint density at radius 1 is 1.29 bits per heavy atom. The molecule has 6 nitrogen and oxygen atoms in total. The lowest BCUT2D eigenvalue weighted by atomic mass is 10.3. The van der Waals surface area contributed by atoms with Gasteiger partial charge < -0.3 is 14.2 Å². The maximum atomic E-state index is 10.8. The molecular formula is C14H14N4O2S. The molecule has 3 aromatic rings. The Kier molecular flexibility index (Phi) is 3.92. The molecule has 1 N–H and O–H groups in total. The van der Waals surface area contributed by atoms with E-state index in [4.69, 9.17) is 5.11 Å². The molecule has 0 unspecified atom stereocenters. The lowest BCUT2D eigenvalue weighted by Gasteiger charge is -2.08. The zero-order chi connectivity index (χ0) is 14.7. The van der Waals surface area contributed by atoms with Gasteiger partial charge in [0.25, 0.3) is 0 Å². The number of hydrogen-bond acceptors (Lipinski definition) is 4. The van der Waals surface area contributed by atoms with Crippen molar-refractivity contribution in [2.75, 3.05) is 5.75 Å². The van der Waals surface area contributed by atoms with Crippen LogP contribution in [0.1, 0.15) is 0 Å². The largest absolute Gasteiger partial charge is 0.481 e. The van der Waals surface area contributed by atoms with E-state index in [2.05, 4.69) is 14.5 Å². The van der Waals surface area contributed by atoms with Crippen molar-refractivity contribution in [2.24, 2.45) is 0 Å². The van der Waals surface area contributed by atoms with Crippen molar-refractivity contribution in [1.29, 1.82) is 0 Å². The van der Waals surface area contributed by atoms with Gasteiger partial charge in [-0.25, -0.2) is 9.97 Å². The molecule has 0 saturated carbocycles. The molecule has 0 bridgehead atoms. The van der Waals surface area contributed by atoms with E-state index in [1.54, 1.807) is 12.5 Å². The highest BCUT2D eigenvalue weighted by Gasteiger charge is 2.12. The second kappa shape index (κ2) is 6.01. The monoisotopic (exact) mass is 302 g/mol. The van der Waals surface area contributed by atoms with Gasteiger partial charge in [0.2, 0.25) is 0 Å². The number of aromatic nitrogens is 4. The van der Waals surface area contributed by atoms with Crippen LogP contribution in [0.5, 0.6) is 0 Å². The third-order valence-electron chi connectivity index (χ3n) is 3.09. The lowest BCUT2D eigenvalue weighted by molar-refractivity contribution is -0.133. The van der Waals surface area contributed by atoms with Gasteiger partial charge >= 0.3 is 5.97 Å². The third kappa shape index (κ3) is 3.08. The molecule has 0 saturated heterocycles. The summed E-state index contributed by atoms with van der Waals surface area (Å²) in [6, 6.07) is 7.83. The number of carbonyl (C=O) groups is 1. The first kappa shape index (κ1) is 13.7. The number of para-hydroxylation sites is 2. The number of benzene rings is 1. The van der Waals surface area contributed by atoms with Crippen LogP contribution in [0.3, 0.4) is 0 Å². The van der Waals surface area contributed by atoms with E-state index in [1.165, 1.54) is 11.8 Å². The molecule has 0 fully saturated rings. The zero-order valence-corrected chi connectivity index (χ0v) is 12.0. The fraction of sp³-hybridized carbons (Fsp3) is 0.214. The van der Waals surface area contributed by atoms with Gasteiger partial charge in [-0.15, -0.1) is 0 Å². The number of fused-ring (bicyclic) bond motifs is 1. The van der Waals surface area contributed by atoms with Gasteiger partial charge in [0.05, 0.1) is 23.1 Å². The molecule has 3 rings (SSSR count). The Labute approximate surface area is 125 Å². The van der Waals surface area contributed by atoms with E-state index in [0.717, 1.165) is 29.3 Å². The van der Waals surface area contributed by atoms with Crippen LogP contribution in [0.15, 0.2) is 48.1 Å². The van der Waals surface area contributed by atoms with Crippen molar-refractivity contribution in [3.05, 3.63) is 43.0 Å². The number of aliphatic carboxylic acids is 1. The van der Waals surface area contributed by atoms with Gasteiger partial charge in [-0.2, -0.15) is 0 Å². The zero-order valence-electron chi connectivity index (χ0n) is 11.2. The van der Waals surface area contributed by atoms with Crippen molar-refractivity contribution in [3.8, 4) is 0 Å². The number of nitrogens with zero attached hydrogens (tertiary/aromatic N) is 4. The summed E-state index contributed by atoms with van der Waals surface area (Å²) in [4.78, 5) is 19.3. The molecular weight excluding hydrogens is 288 g/mol. The summed E-state index contributed by atoms with van der Waals surface area (Å²) in [5.74, 6) is -0.831. The van der Waals surface area contributed by atoms with Crippen molar-refractivity contribution in [3.63, 3.8) is 0 Å². The molecule has 0 aliphatic rings. The summed E-state index contributed by atoms with van der Waals surface area (Å²) in [5, 5.41) is 9.59. The number of hydrogen-bond donors (Lipinski definition) is 1. The van der Waals surface area contributed by atoms with Crippen LogP contribution in [0.2, 0.25) is 0 Å². The second-order valence-corrected chi connectivity index (χ2v) is 5.46. The van der Waals surface area contributed by atoms with Crippen LogP contribution in [-0.2, 0) is 17.9 Å². The highest BCUT2D eigenvalue weighted by Crippen LogP contribution is 2.24. The maximum absolute atomic E-state index is 10.8. The van der Waals surface area contributed by atoms with Crippen molar-refractivity contribution < 1.29 is 9.90 Å². The summed E-state index contributed by atoms with van der Waals surface area (Å²) in [5.41, 5.74) is 1.90. The molecule has 0 aliphatic carbocycles. The summed E-state index contributed by atoms with van der Waals surface area (Å²) < 4.78 is 4.04. The van der Waals surface area contributed by atoms with Crippen LogP contribution < -0.4 is 0 Å². The first-order chi connectivity index (χ1) is 10.2. The molecule has 7 heteroatoms.